The van der Waals surface area contributed by atoms with Crippen molar-refractivity contribution in [2.45, 2.75) is 51.7 Å². The number of hydrogen-bond donors (Lipinski definition) is 1. The first kappa shape index (κ1) is 17.1. The maximum Gasteiger partial charge on any atom is 0.410 e. The molecule has 1 amide bonds. The summed E-state index contributed by atoms with van der Waals surface area (Å²) in [6, 6.07) is 5.62. The summed E-state index contributed by atoms with van der Waals surface area (Å²) in [6.07, 6.45) is 4.36. The van der Waals surface area contributed by atoms with E-state index < -0.39 is 5.60 Å². The van der Waals surface area contributed by atoms with Crippen molar-refractivity contribution < 1.29 is 9.53 Å². The number of likely N-dealkylation sites (tertiary alicyclic amines) is 1. The summed E-state index contributed by atoms with van der Waals surface area (Å²) < 4.78 is 5.50. The molecule has 1 atom stereocenters. The lowest BCUT2D eigenvalue weighted by atomic mass is 10.0. The van der Waals surface area contributed by atoms with Gasteiger partial charge in [-0.1, -0.05) is 0 Å². The lowest BCUT2D eigenvalue weighted by Crippen LogP contribution is -2.49. The highest BCUT2D eigenvalue weighted by Crippen LogP contribution is 2.21. The number of carbonyl (C=O) groups excluding carboxylic acids is 1. The Kier molecular flexibility index (Phi) is 5.43. The molecule has 1 fully saturated rings. The first-order valence-corrected chi connectivity index (χ1v) is 7.99. The molecule has 23 heavy (non-hydrogen) atoms. The Hall–Kier alpha value is -2.29. The number of carbonyl (C=O) groups is 1. The molecule has 1 unspecified atom stereocenters. The minimum atomic E-state index is -0.499. The van der Waals surface area contributed by atoms with Crippen molar-refractivity contribution in [1.82, 2.24) is 9.88 Å². The number of anilines is 1. The SMILES string of the molecule is CC(C)(C)OC(=O)N1CCCCC1CNc1ncccc1C#N. The van der Waals surface area contributed by atoms with Crippen molar-refractivity contribution in [3.63, 3.8) is 0 Å². The Morgan fingerprint density at radius 1 is 1.52 bits per heavy atom. The van der Waals surface area contributed by atoms with Gasteiger partial charge in [0, 0.05) is 19.3 Å². The van der Waals surface area contributed by atoms with Gasteiger partial charge in [0.15, 0.2) is 0 Å². The summed E-state index contributed by atoms with van der Waals surface area (Å²) in [5.41, 5.74) is 0.00806. The van der Waals surface area contributed by atoms with Crippen molar-refractivity contribution in [3.8, 4) is 6.07 Å². The zero-order valence-electron chi connectivity index (χ0n) is 14.0. The fourth-order valence-electron chi connectivity index (χ4n) is 2.62. The maximum absolute atomic E-state index is 12.4. The van der Waals surface area contributed by atoms with Crippen LogP contribution in [-0.4, -0.2) is 40.7 Å². The van der Waals surface area contributed by atoms with Gasteiger partial charge >= 0.3 is 6.09 Å². The van der Waals surface area contributed by atoms with Crippen LogP contribution in [0.4, 0.5) is 10.6 Å². The Balaban J connectivity index is 2.01. The van der Waals surface area contributed by atoms with Gasteiger partial charge in [0.2, 0.25) is 0 Å². The molecule has 1 aliphatic rings. The maximum atomic E-state index is 12.4. The summed E-state index contributed by atoms with van der Waals surface area (Å²) >= 11 is 0. The smallest absolute Gasteiger partial charge is 0.410 e. The molecular formula is C17H24N4O2. The zero-order chi connectivity index (χ0) is 16.9. The van der Waals surface area contributed by atoms with E-state index in [0.717, 1.165) is 19.3 Å². The fourth-order valence-corrected chi connectivity index (χ4v) is 2.62. The van der Waals surface area contributed by atoms with Crippen LogP contribution < -0.4 is 5.32 Å². The molecule has 0 radical (unpaired) electrons. The van der Waals surface area contributed by atoms with Gasteiger partial charge < -0.3 is 15.0 Å². The van der Waals surface area contributed by atoms with Crippen molar-refractivity contribution in [2.75, 3.05) is 18.4 Å². The molecule has 2 heterocycles. The van der Waals surface area contributed by atoms with Gasteiger partial charge in [0.05, 0.1) is 11.6 Å². The number of rotatable bonds is 3. The lowest BCUT2D eigenvalue weighted by Gasteiger charge is -2.36. The van der Waals surface area contributed by atoms with E-state index in [1.165, 1.54) is 0 Å². The van der Waals surface area contributed by atoms with Crippen molar-refractivity contribution in [2.24, 2.45) is 0 Å². The van der Waals surface area contributed by atoms with E-state index in [4.69, 9.17) is 10.00 Å². The van der Waals surface area contributed by atoms with E-state index in [1.54, 1.807) is 23.2 Å². The summed E-state index contributed by atoms with van der Waals surface area (Å²) in [7, 11) is 0. The molecule has 1 N–H and O–H groups in total. The third-order valence-electron chi connectivity index (χ3n) is 3.69. The zero-order valence-corrected chi connectivity index (χ0v) is 14.0. The monoisotopic (exact) mass is 316 g/mol. The second kappa shape index (κ2) is 7.32. The fraction of sp³-hybridized carbons (Fsp3) is 0.588. The predicted molar refractivity (Wildman–Crippen MR) is 88.0 cm³/mol. The molecule has 0 aliphatic carbocycles. The number of piperidine rings is 1. The molecule has 1 aromatic heterocycles. The average molecular weight is 316 g/mol. The van der Waals surface area contributed by atoms with Gasteiger partial charge in [-0.15, -0.1) is 0 Å². The van der Waals surface area contributed by atoms with Crippen LogP contribution in [0.3, 0.4) is 0 Å². The quantitative estimate of drug-likeness (QED) is 0.926. The number of ether oxygens (including phenoxy) is 1. The van der Waals surface area contributed by atoms with Gasteiger partial charge in [0.1, 0.15) is 17.5 Å². The summed E-state index contributed by atoms with van der Waals surface area (Å²) in [4.78, 5) is 18.3. The second-order valence-electron chi connectivity index (χ2n) is 6.72. The van der Waals surface area contributed by atoms with Gasteiger partial charge in [-0.25, -0.2) is 9.78 Å². The molecule has 1 aromatic rings. The van der Waals surface area contributed by atoms with Crippen LogP contribution in [0.2, 0.25) is 0 Å². The van der Waals surface area contributed by atoms with E-state index >= 15 is 0 Å². The first-order chi connectivity index (χ1) is 10.9. The second-order valence-corrected chi connectivity index (χ2v) is 6.72. The largest absolute Gasteiger partial charge is 0.444 e. The van der Waals surface area contributed by atoms with Crippen LogP contribution >= 0.6 is 0 Å². The van der Waals surface area contributed by atoms with Crippen molar-refractivity contribution in [3.05, 3.63) is 23.9 Å². The van der Waals surface area contributed by atoms with Crippen molar-refractivity contribution >= 4 is 11.9 Å². The highest BCUT2D eigenvalue weighted by atomic mass is 16.6. The highest BCUT2D eigenvalue weighted by molar-refractivity contribution is 5.68. The number of nitrogens with one attached hydrogen (secondary N) is 1. The minimum absolute atomic E-state index is 0.0483. The topological polar surface area (TPSA) is 78.2 Å². The van der Waals surface area contributed by atoms with Gasteiger partial charge in [-0.3, -0.25) is 0 Å². The van der Waals surface area contributed by atoms with Gasteiger partial charge in [-0.05, 0) is 52.2 Å². The van der Waals surface area contributed by atoms with Crippen LogP contribution in [-0.2, 0) is 4.74 Å². The normalized spacial score (nSPS) is 18.2. The third kappa shape index (κ3) is 4.85. The van der Waals surface area contributed by atoms with Crippen LogP contribution in [0.25, 0.3) is 0 Å². The number of nitrogens with zero attached hydrogens (tertiary/aromatic N) is 3. The lowest BCUT2D eigenvalue weighted by molar-refractivity contribution is 0.0114. The standard InChI is InChI=1S/C17H24N4O2/c1-17(2,3)23-16(22)21-10-5-4-8-14(21)12-20-15-13(11-18)7-6-9-19-15/h6-7,9,14H,4-5,8,10,12H2,1-3H3,(H,19,20). The minimum Gasteiger partial charge on any atom is -0.444 e. The molecule has 124 valence electrons. The van der Waals surface area contributed by atoms with E-state index in [1.807, 2.05) is 20.8 Å². The number of nitriles is 1. The number of hydrogen-bond acceptors (Lipinski definition) is 5. The summed E-state index contributed by atoms with van der Waals surface area (Å²) in [5.74, 6) is 0.560. The molecule has 0 saturated carbocycles. The van der Waals surface area contributed by atoms with Crippen LogP contribution in [0.5, 0.6) is 0 Å². The number of pyridine rings is 1. The van der Waals surface area contributed by atoms with Crippen LogP contribution in [0.15, 0.2) is 18.3 Å². The molecule has 1 saturated heterocycles. The molecule has 6 nitrogen and oxygen atoms in total. The molecule has 2 rings (SSSR count). The van der Waals surface area contributed by atoms with Gasteiger partial charge in [-0.2, -0.15) is 5.26 Å². The highest BCUT2D eigenvalue weighted by Gasteiger charge is 2.30. The Bertz CT molecular complexity index is 589. The van der Waals surface area contributed by atoms with E-state index in [-0.39, 0.29) is 12.1 Å². The first-order valence-electron chi connectivity index (χ1n) is 7.99. The predicted octanol–water partition coefficient (Wildman–Crippen LogP) is 3.15. The third-order valence-corrected chi connectivity index (χ3v) is 3.69. The van der Waals surface area contributed by atoms with Gasteiger partial charge in [0.25, 0.3) is 0 Å². The summed E-state index contributed by atoms with van der Waals surface area (Å²) in [5, 5.41) is 12.3. The molecule has 0 spiro atoms. The Morgan fingerprint density at radius 2 is 2.30 bits per heavy atom. The average Bonchev–Trinajstić information content (AvgIpc) is 2.51. The molecule has 0 aromatic carbocycles. The molecule has 1 aliphatic heterocycles. The van der Waals surface area contributed by atoms with Crippen molar-refractivity contribution in [1.29, 1.82) is 5.26 Å². The van der Waals surface area contributed by atoms with Crippen LogP contribution in [0, 0.1) is 11.3 Å². The number of aromatic nitrogens is 1. The molecule has 0 bridgehead atoms. The van der Waals surface area contributed by atoms with Crippen LogP contribution in [0.1, 0.15) is 45.6 Å². The Labute approximate surface area is 137 Å². The van der Waals surface area contributed by atoms with E-state index in [0.29, 0.717) is 24.5 Å². The molecule has 6 heteroatoms. The molecular weight excluding hydrogens is 292 g/mol. The Morgan fingerprint density at radius 3 is 3.00 bits per heavy atom. The summed E-state index contributed by atoms with van der Waals surface area (Å²) in [6.45, 7) is 6.87. The number of amides is 1. The van der Waals surface area contributed by atoms with E-state index in [2.05, 4.69) is 16.4 Å². The van der Waals surface area contributed by atoms with E-state index in [9.17, 15) is 4.79 Å².